The lowest BCUT2D eigenvalue weighted by molar-refractivity contribution is 0.573. The molecule has 0 rings (SSSR count). The second kappa shape index (κ2) is 19.1. The third kappa shape index (κ3) is 18.3. The summed E-state index contributed by atoms with van der Waals surface area (Å²) in [6, 6.07) is 0. The predicted octanol–water partition coefficient (Wildman–Crippen LogP) is 2.61. The molecule has 14 heavy (non-hydrogen) atoms. The van der Waals surface area contributed by atoms with E-state index in [4.69, 9.17) is 0 Å². The number of nitrogens with one attached hydrogen (secondary N) is 2. The van der Waals surface area contributed by atoms with Gasteiger partial charge in [0.2, 0.25) is 0 Å². The van der Waals surface area contributed by atoms with Crippen molar-refractivity contribution in [2.45, 2.75) is 38.5 Å². The van der Waals surface area contributed by atoms with Crippen molar-refractivity contribution in [3.8, 4) is 0 Å². The van der Waals surface area contributed by atoms with Gasteiger partial charge in [-0.1, -0.05) is 25.7 Å². The third-order valence-electron chi connectivity index (χ3n) is 2.10. The molecule has 2 N–H and O–H groups in total. The van der Waals surface area contributed by atoms with Crippen molar-refractivity contribution in [2.75, 3.05) is 27.2 Å². The standard InChI is InChI=1S/C10H24N2.2ClH/c1-11-9-7-5-3-4-6-8-10-12-2;;/h11-12H,3-10H2,1-2H3;2*1H. The fourth-order valence-corrected chi connectivity index (χ4v) is 1.31. The number of rotatable bonds is 9. The normalized spacial score (nSPS) is 9.00. The van der Waals surface area contributed by atoms with Crippen LogP contribution in [0.15, 0.2) is 0 Å². The molecule has 0 aromatic heterocycles. The first kappa shape index (κ1) is 20.0. The second-order valence-electron chi connectivity index (χ2n) is 3.33. The van der Waals surface area contributed by atoms with Gasteiger partial charge in [0, 0.05) is 0 Å². The molecular formula is C10H26Cl2N2. The van der Waals surface area contributed by atoms with Gasteiger partial charge in [-0.15, -0.1) is 24.8 Å². The molecular weight excluding hydrogens is 219 g/mol. The summed E-state index contributed by atoms with van der Waals surface area (Å²) in [5.74, 6) is 0. The van der Waals surface area contributed by atoms with Crippen molar-refractivity contribution >= 4 is 24.8 Å². The van der Waals surface area contributed by atoms with Gasteiger partial charge in [-0.2, -0.15) is 0 Å². The molecule has 2 nitrogen and oxygen atoms in total. The molecule has 0 saturated heterocycles. The number of unbranched alkanes of at least 4 members (excludes halogenated alkanes) is 5. The average molecular weight is 245 g/mol. The van der Waals surface area contributed by atoms with E-state index in [-0.39, 0.29) is 24.8 Å². The van der Waals surface area contributed by atoms with Crippen LogP contribution >= 0.6 is 24.8 Å². The van der Waals surface area contributed by atoms with E-state index in [1.165, 1.54) is 51.6 Å². The van der Waals surface area contributed by atoms with Crippen molar-refractivity contribution in [3.63, 3.8) is 0 Å². The third-order valence-corrected chi connectivity index (χ3v) is 2.10. The molecule has 0 radical (unpaired) electrons. The van der Waals surface area contributed by atoms with Gasteiger partial charge < -0.3 is 10.6 Å². The van der Waals surface area contributed by atoms with E-state index in [1.54, 1.807) is 0 Å². The summed E-state index contributed by atoms with van der Waals surface area (Å²) in [7, 11) is 4.04. The highest BCUT2D eigenvalue weighted by atomic mass is 35.5. The van der Waals surface area contributed by atoms with E-state index in [0.717, 1.165) is 0 Å². The zero-order chi connectivity index (χ0) is 9.07. The highest BCUT2D eigenvalue weighted by Crippen LogP contribution is 2.03. The van der Waals surface area contributed by atoms with Crippen molar-refractivity contribution in [1.29, 1.82) is 0 Å². The van der Waals surface area contributed by atoms with Crippen molar-refractivity contribution in [3.05, 3.63) is 0 Å². The number of halogens is 2. The summed E-state index contributed by atoms with van der Waals surface area (Å²) in [4.78, 5) is 0. The molecule has 0 amide bonds. The Hall–Kier alpha value is 0.500. The van der Waals surface area contributed by atoms with Crippen molar-refractivity contribution < 1.29 is 0 Å². The Morgan fingerprint density at radius 2 is 0.857 bits per heavy atom. The van der Waals surface area contributed by atoms with Gasteiger partial charge in [0.1, 0.15) is 0 Å². The first-order chi connectivity index (χ1) is 5.91. The highest BCUT2D eigenvalue weighted by Gasteiger charge is 1.89. The minimum absolute atomic E-state index is 0. The van der Waals surface area contributed by atoms with Gasteiger partial charge in [-0.05, 0) is 40.0 Å². The fourth-order valence-electron chi connectivity index (χ4n) is 1.31. The summed E-state index contributed by atoms with van der Waals surface area (Å²) in [6.07, 6.45) is 8.27. The predicted molar refractivity (Wildman–Crippen MR) is 70.1 cm³/mol. The smallest absolute Gasteiger partial charge is 0.00519 e. The summed E-state index contributed by atoms with van der Waals surface area (Å²) in [5.41, 5.74) is 0. The van der Waals surface area contributed by atoms with Crippen LogP contribution in [0.25, 0.3) is 0 Å². The number of hydrogen-bond donors (Lipinski definition) is 2. The van der Waals surface area contributed by atoms with Crippen LogP contribution in [-0.4, -0.2) is 27.2 Å². The molecule has 0 heterocycles. The molecule has 0 aliphatic carbocycles. The summed E-state index contributed by atoms with van der Waals surface area (Å²) >= 11 is 0. The van der Waals surface area contributed by atoms with E-state index in [0.29, 0.717) is 0 Å². The van der Waals surface area contributed by atoms with E-state index in [1.807, 2.05) is 14.1 Å². The van der Waals surface area contributed by atoms with Crippen molar-refractivity contribution in [2.24, 2.45) is 0 Å². The van der Waals surface area contributed by atoms with Crippen LogP contribution < -0.4 is 10.6 Å². The van der Waals surface area contributed by atoms with E-state index in [9.17, 15) is 0 Å². The van der Waals surface area contributed by atoms with Gasteiger partial charge in [0.25, 0.3) is 0 Å². The lowest BCUT2D eigenvalue weighted by Gasteiger charge is -2.01. The maximum atomic E-state index is 3.17. The lowest BCUT2D eigenvalue weighted by atomic mass is 10.1. The maximum Gasteiger partial charge on any atom is -0.00519 e. The highest BCUT2D eigenvalue weighted by molar-refractivity contribution is 5.85. The Kier molecular flexibility index (Phi) is 27.3. The van der Waals surface area contributed by atoms with Gasteiger partial charge in [-0.25, -0.2) is 0 Å². The summed E-state index contributed by atoms with van der Waals surface area (Å²) in [6.45, 7) is 2.35. The van der Waals surface area contributed by atoms with Gasteiger partial charge in [0.15, 0.2) is 0 Å². The largest absolute Gasteiger partial charge is 0.320 e. The van der Waals surface area contributed by atoms with Crippen LogP contribution in [0.1, 0.15) is 38.5 Å². The quantitative estimate of drug-likeness (QED) is 0.610. The summed E-state index contributed by atoms with van der Waals surface area (Å²) in [5, 5.41) is 6.34. The minimum Gasteiger partial charge on any atom is -0.320 e. The zero-order valence-electron chi connectivity index (χ0n) is 9.47. The van der Waals surface area contributed by atoms with Gasteiger partial charge in [-0.3, -0.25) is 0 Å². The number of hydrogen-bond acceptors (Lipinski definition) is 2. The molecule has 0 bridgehead atoms. The molecule has 4 heteroatoms. The van der Waals surface area contributed by atoms with Crippen LogP contribution in [0.5, 0.6) is 0 Å². The Balaban J connectivity index is -0.000000605. The molecule has 0 aliphatic heterocycles. The lowest BCUT2D eigenvalue weighted by Crippen LogP contribution is -2.07. The van der Waals surface area contributed by atoms with Crippen LogP contribution in [0.4, 0.5) is 0 Å². The molecule has 90 valence electrons. The molecule has 0 spiro atoms. The second-order valence-corrected chi connectivity index (χ2v) is 3.33. The molecule has 0 fully saturated rings. The van der Waals surface area contributed by atoms with E-state index in [2.05, 4.69) is 10.6 Å². The molecule has 0 unspecified atom stereocenters. The Morgan fingerprint density at radius 3 is 1.14 bits per heavy atom. The van der Waals surface area contributed by atoms with Gasteiger partial charge >= 0.3 is 0 Å². The van der Waals surface area contributed by atoms with Crippen LogP contribution in [0, 0.1) is 0 Å². The summed E-state index contributed by atoms with van der Waals surface area (Å²) < 4.78 is 0. The molecule has 0 atom stereocenters. The first-order valence-corrected chi connectivity index (χ1v) is 5.21. The van der Waals surface area contributed by atoms with E-state index >= 15 is 0 Å². The Labute approximate surface area is 101 Å². The van der Waals surface area contributed by atoms with Crippen LogP contribution in [-0.2, 0) is 0 Å². The van der Waals surface area contributed by atoms with Gasteiger partial charge in [0.05, 0.1) is 0 Å². The molecule has 0 aliphatic rings. The topological polar surface area (TPSA) is 24.1 Å². The minimum atomic E-state index is 0. The molecule has 0 saturated carbocycles. The Bertz CT molecular complexity index is 72.5. The zero-order valence-corrected chi connectivity index (χ0v) is 11.1. The van der Waals surface area contributed by atoms with E-state index < -0.39 is 0 Å². The Morgan fingerprint density at radius 1 is 0.571 bits per heavy atom. The van der Waals surface area contributed by atoms with Crippen LogP contribution in [0.2, 0.25) is 0 Å². The average Bonchev–Trinajstić information content (AvgIpc) is 2.10. The SMILES string of the molecule is CNCCCCCCCCNC.Cl.Cl. The van der Waals surface area contributed by atoms with Crippen molar-refractivity contribution in [1.82, 2.24) is 10.6 Å². The molecule has 0 aromatic rings. The first-order valence-electron chi connectivity index (χ1n) is 5.21. The fraction of sp³-hybridized carbons (Fsp3) is 1.00. The maximum absolute atomic E-state index is 3.17. The molecule has 0 aromatic carbocycles. The monoisotopic (exact) mass is 244 g/mol. The van der Waals surface area contributed by atoms with Crippen LogP contribution in [0.3, 0.4) is 0 Å².